The maximum absolute atomic E-state index is 12.1. The van der Waals surface area contributed by atoms with Crippen LogP contribution >= 0.6 is 0 Å². The van der Waals surface area contributed by atoms with E-state index in [1.807, 2.05) is 12.1 Å². The molecule has 2 aromatic rings. The van der Waals surface area contributed by atoms with Gasteiger partial charge in [-0.05, 0) is 31.0 Å². The van der Waals surface area contributed by atoms with Crippen LogP contribution in [0.5, 0.6) is 0 Å². The summed E-state index contributed by atoms with van der Waals surface area (Å²) in [6.45, 7) is 0. The van der Waals surface area contributed by atoms with Gasteiger partial charge in [-0.2, -0.15) is 0 Å². The van der Waals surface area contributed by atoms with Gasteiger partial charge in [-0.1, -0.05) is 19.3 Å². The zero-order chi connectivity index (χ0) is 16.0. The lowest BCUT2D eigenvalue weighted by Crippen LogP contribution is -2.52. The van der Waals surface area contributed by atoms with Crippen molar-refractivity contribution < 1.29 is 14.0 Å². The highest BCUT2D eigenvalue weighted by Crippen LogP contribution is 2.46. The summed E-state index contributed by atoms with van der Waals surface area (Å²) < 4.78 is 5.88. The van der Waals surface area contributed by atoms with Crippen LogP contribution in [-0.4, -0.2) is 19.0 Å². The fourth-order valence-electron chi connectivity index (χ4n) is 3.88. The molecule has 23 heavy (non-hydrogen) atoms. The summed E-state index contributed by atoms with van der Waals surface area (Å²) in [6, 6.07) is 5.36. The second-order valence-electron chi connectivity index (χ2n) is 6.32. The third kappa shape index (κ3) is 2.09. The maximum atomic E-state index is 12.1. The molecule has 1 aromatic carbocycles. The van der Waals surface area contributed by atoms with Crippen LogP contribution in [0.15, 0.2) is 22.6 Å². The Balaban J connectivity index is 1.95. The first-order chi connectivity index (χ1) is 11.1. The molecule has 0 unspecified atom stereocenters. The van der Waals surface area contributed by atoms with E-state index in [1.54, 1.807) is 13.1 Å². The van der Waals surface area contributed by atoms with E-state index >= 15 is 0 Å². The van der Waals surface area contributed by atoms with Crippen LogP contribution in [0, 0.1) is 0 Å². The first kappa shape index (κ1) is 14.1. The molecular weight excluding hydrogens is 294 g/mol. The van der Waals surface area contributed by atoms with Gasteiger partial charge in [0.2, 0.25) is 0 Å². The maximum Gasteiger partial charge on any atom is 0.319 e. The van der Waals surface area contributed by atoms with Crippen LogP contribution < -0.4 is 16.0 Å². The van der Waals surface area contributed by atoms with E-state index in [2.05, 4.69) is 16.0 Å². The topological polar surface area (TPSA) is 83.4 Å². The van der Waals surface area contributed by atoms with Crippen LogP contribution in [0.25, 0.3) is 11.0 Å². The van der Waals surface area contributed by atoms with Gasteiger partial charge in [-0.15, -0.1) is 0 Å². The van der Waals surface area contributed by atoms with E-state index in [9.17, 15) is 9.59 Å². The van der Waals surface area contributed by atoms with Gasteiger partial charge in [0.25, 0.3) is 5.91 Å². The van der Waals surface area contributed by atoms with E-state index in [0.29, 0.717) is 11.3 Å². The Bertz CT molecular complexity index is 803. The van der Waals surface area contributed by atoms with E-state index in [-0.39, 0.29) is 11.9 Å². The predicted molar refractivity (Wildman–Crippen MR) is 86.5 cm³/mol. The zero-order valence-electron chi connectivity index (χ0n) is 13.0. The molecule has 6 heteroatoms. The van der Waals surface area contributed by atoms with Gasteiger partial charge < -0.3 is 20.4 Å². The number of carbonyl (C=O) groups excluding carboxylic acids is 2. The lowest BCUT2D eigenvalue weighted by molar-refractivity contribution is 0.0937. The van der Waals surface area contributed by atoms with E-state index < -0.39 is 5.54 Å². The Hall–Kier alpha value is -2.50. The van der Waals surface area contributed by atoms with Gasteiger partial charge in [-0.3, -0.25) is 4.79 Å². The molecular formula is C17H19N3O3. The molecule has 0 radical (unpaired) electrons. The monoisotopic (exact) mass is 313 g/mol. The molecule has 1 spiro atoms. The summed E-state index contributed by atoms with van der Waals surface area (Å²) in [5.74, 6) is 0.0409. The highest BCUT2D eigenvalue weighted by Gasteiger charge is 2.42. The van der Waals surface area contributed by atoms with Gasteiger partial charge in [0.1, 0.15) is 5.58 Å². The number of amides is 3. The fourth-order valence-corrected chi connectivity index (χ4v) is 3.88. The van der Waals surface area contributed by atoms with E-state index in [4.69, 9.17) is 4.42 Å². The molecule has 4 rings (SSSR count). The number of rotatable bonds is 1. The highest BCUT2D eigenvalue weighted by atomic mass is 16.3. The third-order valence-corrected chi connectivity index (χ3v) is 4.92. The molecule has 1 saturated carbocycles. The average molecular weight is 313 g/mol. The normalized spacial score (nSPS) is 19.1. The summed E-state index contributed by atoms with van der Waals surface area (Å²) in [7, 11) is 1.58. The standard InChI is InChI=1S/C17H19N3O3/c1-18-15(21)12-9-10-5-6-11-13(14(10)23-12)17(20-16(22)19-11)7-3-2-4-8-17/h5-6,9H,2-4,7-8H2,1H3,(H,18,21)(H2,19,20,22). The van der Waals surface area contributed by atoms with Gasteiger partial charge in [0, 0.05) is 18.0 Å². The number of carbonyl (C=O) groups is 2. The molecule has 0 saturated heterocycles. The fraction of sp³-hybridized carbons (Fsp3) is 0.412. The minimum absolute atomic E-state index is 0.170. The predicted octanol–water partition coefficient (Wildman–Crippen LogP) is 3.09. The summed E-state index contributed by atoms with van der Waals surface area (Å²) in [5.41, 5.74) is 2.05. The smallest absolute Gasteiger partial charge is 0.319 e. The first-order valence-corrected chi connectivity index (χ1v) is 8.01. The Labute approximate surface area is 133 Å². The van der Waals surface area contributed by atoms with Gasteiger partial charge in [0.05, 0.1) is 11.2 Å². The van der Waals surface area contributed by atoms with Crippen LogP contribution in [0.1, 0.15) is 48.2 Å². The molecule has 2 aliphatic rings. The minimum Gasteiger partial charge on any atom is -0.450 e. The van der Waals surface area contributed by atoms with Gasteiger partial charge >= 0.3 is 6.03 Å². The van der Waals surface area contributed by atoms with Crippen LogP contribution in [0.4, 0.5) is 10.5 Å². The highest BCUT2D eigenvalue weighted by molar-refractivity contribution is 6.02. The Morgan fingerprint density at radius 3 is 2.78 bits per heavy atom. The minimum atomic E-state index is -0.396. The molecule has 1 aliphatic heterocycles. The molecule has 2 heterocycles. The van der Waals surface area contributed by atoms with Crippen molar-refractivity contribution in [1.29, 1.82) is 0 Å². The van der Waals surface area contributed by atoms with Gasteiger partial charge in [-0.25, -0.2) is 4.79 Å². The van der Waals surface area contributed by atoms with Crippen molar-refractivity contribution in [3.8, 4) is 0 Å². The van der Waals surface area contributed by atoms with Crippen molar-refractivity contribution in [2.24, 2.45) is 0 Å². The number of urea groups is 1. The summed E-state index contributed by atoms with van der Waals surface area (Å²) in [5, 5.41) is 9.45. The molecule has 3 amide bonds. The summed E-state index contributed by atoms with van der Waals surface area (Å²) >= 11 is 0. The summed E-state index contributed by atoms with van der Waals surface area (Å²) in [4.78, 5) is 24.0. The molecule has 0 bridgehead atoms. The van der Waals surface area contributed by atoms with Crippen molar-refractivity contribution in [3.05, 3.63) is 29.5 Å². The van der Waals surface area contributed by atoms with E-state index in [0.717, 1.165) is 42.3 Å². The average Bonchev–Trinajstić information content (AvgIpc) is 2.98. The van der Waals surface area contributed by atoms with Gasteiger partial charge in [0.15, 0.2) is 5.76 Å². The van der Waals surface area contributed by atoms with Crippen LogP contribution in [0.3, 0.4) is 0 Å². The Kier molecular flexibility index (Phi) is 3.07. The van der Waals surface area contributed by atoms with Crippen molar-refractivity contribution in [2.45, 2.75) is 37.6 Å². The largest absolute Gasteiger partial charge is 0.450 e. The molecule has 3 N–H and O–H groups in total. The Morgan fingerprint density at radius 2 is 2.04 bits per heavy atom. The summed E-state index contributed by atoms with van der Waals surface area (Å²) in [6.07, 6.45) is 5.10. The number of anilines is 1. The molecule has 120 valence electrons. The number of benzene rings is 1. The van der Waals surface area contributed by atoms with E-state index in [1.165, 1.54) is 6.42 Å². The van der Waals surface area contributed by atoms with Crippen molar-refractivity contribution in [3.63, 3.8) is 0 Å². The molecule has 0 atom stereocenters. The molecule has 6 nitrogen and oxygen atoms in total. The third-order valence-electron chi connectivity index (χ3n) is 4.92. The number of fused-ring (bicyclic) bond motifs is 4. The van der Waals surface area contributed by atoms with Crippen LogP contribution in [-0.2, 0) is 5.54 Å². The quantitative estimate of drug-likeness (QED) is 0.756. The molecule has 1 aliphatic carbocycles. The number of furan rings is 1. The number of hydrogen-bond acceptors (Lipinski definition) is 3. The SMILES string of the molecule is CNC(=O)c1cc2ccc3c(c2o1)C1(CCCCC1)NC(=O)N3. The number of hydrogen-bond donors (Lipinski definition) is 3. The van der Waals surface area contributed by atoms with Crippen molar-refractivity contribution >= 4 is 28.6 Å². The zero-order valence-corrected chi connectivity index (χ0v) is 13.0. The van der Waals surface area contributed by atoms with Crippen molar-refractivity contribution in [1.82, 2.24) is 10.6 Å². The molecule has 1 fully saturated rings. The second kappa shape index (κ2) is 5.01. The second-order valence-corrected chi connectivity index (χ2v) is 6.32. The molecule has 1 aromatic heterocycles. The van der Waals surface area contributed by atoms with Crippen molar-refractivity contribution in [2.75, 3.05) is 12.4 Å². The number of nitrogens with one attached hydrogen (secondary N) is 3. The van der Waals surface area contributed by atoms with Crippen LogP contribution in [0.2, 0.25) is 0 Å². The lowest BCUT2D eigenvalue weighted by atomic mass is 9.74. The lowest BCUT2D eigenvalue weighted by Gasteiger charge is -2.42. The Morgan fingerprint density at radius 1 is 1.26 bits per heavy atom. The first-order valence-electron chi connectivity index (χ1n) is 8.01.